The molecular weight excluding hydrogens is 206 g/mol. The van der Waals surface area contributed by atoms with Gasteiger partial charge in [-0.1, -0.05) is 12.2 Å². The lowest BCUT2D eigenvalue weighted by Crippen LogP contribution is -2.26. The molecule has 0 bridgehead atoms. The summed E-state index contributed by atoms with van der Waals surface area (Å²) in [5.41, 5.74) is 6.50. The molecule has 1 aliphatic rings. The zero-order valence-corrected chi connectivity index (χ0v) is 9.63. The number of thiocarbonyl (C=S) groups is 1. The van der Waals surface area contributed by atoms with Crippen molar-refractivity contribution in [3.8, 4) is 0 Å². The number of hydrogen-bond acceptors (Lipinski definition) is 3. The second-order valence-corrected chi connectivity index (χ2v) is 4.22. The van der Waals surface area contributed by atoms with Gasteiger partial charge in [0, 0.05) is 24.3 Å². The summed E-state index contributed by atoms with van der Waals surface area (Å²) in [6.07, 6.45) is 4.31. The predicted molar refractivity (Wildman–Crippen MR) is 66.2 cm³/mol. The van der Waals surface area contributed by atoms with E-state index in [9.17, 15) is 0 Å². The third kappa shape index (κ3) is 2.26. The van der Waals surface area contributed by atoms with Crippen LogP contribution < -0.4 is 10.6 Å². The van der Waals surface area contributed by atoms with Crippen molar-refractivity contribution < 1.29 is 0 Å². The van der Waals surface area contributed by atoms with Crippen molar-refractivity contribution in [3.63, 3.8) is 0 Å². The van der Waals surface area contributed by atoms with Gasteiger partial charge in [-0.2, -0.15) is 0 Å². The van der Waals surface area contributed by atoms with Crippen LogP contribution in [0.25, 0.3) is 0 Å². The summed E-state index contributed by atoms with van der Waals surface area (Å²) in [6, 6.07) is 4.50. The summed E-state index contributed by atoms with van der Waals surface area (Å²) in [5.74, 6) is 0.991. The first-order valence-electron chi connectivity index (χ1n) is 5.25. The Bertz CT molecular complexity index is 374. The zero-order valence-electron chi connectivity index (χ0n) is 8.81. The zero-order chi connectivity index (χ0) is 10.8. The lowest BCUT2D eigenvalue weighted by Gasteiger charge is -2.21. The highest BCUT2D eigenvalue weighted by molar-refractivity contribution is 7.80. The van der Waals surface area contributed by atoms with Gasteiger partial charge >= 0.3 is 0 Å². The Kier molecular flexibility index (Phi) is 2.86. The van der Waals surface area contributed by atoms with E-state index in [1.54, 1.807) is 6.20 Å². The topological polar surface area (TPSA) is 42.1 Å². The van der Waals surface area contributed by atoms with Crippen LogP contribution in [0.1, 0.15) is 25.3 Å². The first kappa shape index (κ1) is 10.4. The molecule has 0 aromatic carbocycles. The molecule has 0 amide bonds. The Balaban J connectivity index is 2.26. The van der Waals surface area contributed by atoms with Crippen molar-refractivity contribution in [1.82, 2.24) is 4.98 Å². The second-order valence-electron chi connectivity index (χ2n) is 3.78. The van der Waals surface area contributed by atoms with Crippen LogP contribution >= 0.6 is 12.2 Å². The van der Waals surface area contributed by atoms with Crippen molar-refractivity contribution >= 4 is 23.0 Å². The van der Waals surface area contributed by atoms with E-state index < -0.39 is 0 Å². The van der Waals surface area contributed by atoms with Crippen molar-refractivity contribution in [2.24, 2.45) is 5.73 Å². The molecule has 1 heterocycles. The Hall–Kier alpha value is -1.16. The van der Waals surface area contributed by atoms with Crippen LogP contribution in [-0.4, -0.2) is 22.6 Å². The van der Waals surface area contributed by atoms with Gasteiger partial charge in [0.15, 0.2) is 0 Å². The number of nitrogens with two attached hydrogens (primary N) is 1. The molecule has 0 spiro atoms. The Morgan fingerprint density at radius 1 is 1.67 bits per heavy atom. The van der Waals surface area contributed by atoms with Gasteiger partial charge in [-0.05, 0) is 31.9 Å². The van der Waals surface area contributed by atoms with Crippen molar-refractivity contribution in [2.45, 2.75) is 25.8 Å². The van der Waals surface area contributed by atoms with E-state index >= 15 is 0 Å². The number of anilines is 1. The molecule has 1 saturated carbocycles. The van der Waals surface area contributed by atoms with Crippen LogP contribution in [0.5, 0.6) is 0 Å². The summed E-state index contributed by atoms with van der Waals surface area (Å²) in [5, 5.41) is 0. The molecule has 2 N–H and O–H groups in total. The number of hydrogen-bond donors (Lipinski definition) is 1. The van der Waals surface area contributed by atoms with Gasteiger partial charge in [-0.3, -0.25) is 0 Å². The summed E-state index contributed by atoms with van der Waals surface area (Å²) in [7, 11) is 0. The molecule has 0 unspecified atom stereocenters. The third-order valence-corrected chi connectivity index (χ3v) is 2.89. The minimum Gasteiger partial charge on any atom is -0.389 e. The van der Waals surface area contributed by atoms with E-state index in [0.29, 0.717) is 11.0 Å². The summed E-state index contributed by atoms with van der Waals surface area (Å²) in [4.78, 5) is 7.11. The number of nitrogens with zero attached hydrogens (tertiary/aromatic N) is 2. The predicted octanol–water partition coefficient (Wildman–Crippen LogP) is 1.70. The van der Waals surface area contributed by atoms with Crippen LogP contribution in [0, 0.1) is 0 Å². The van der Waals surface area contributed by atoms with Gasteiger partial charge < -0.3 is 10.6 Å². The van der Waals surface area contributed by atoms with Crippen molar-refractivity contribution in [1.29, 1.82) is 0 Å². The van der Waals surface area contributed by atoms with E-state index in [-0.39, 0.29) is 0 Å². The Morgan fingerprint density at radius 3 is 2.93 bits per heavy atom. The number of aromatic nitrogens is 1. The van der Waals surface area contributed by atoms with Crippen molar-refractivity contribution in [2.75, 3.05) is 11.4 Å². The van der Waals surface area contributed by atoms with Gasteiger partial charge in [0.2, 0.25) is 0 Å². The molecule has 1 aromatic heterocycles. The van der Waals surface area contributed by atoms with E-state index in [4.69, 9.17) is 18.0 Å². The number of pyridine rings is 1. The van der Waals surface area contributed by atoms with Crippen LogP contribution in [0.2, 0.25) is 0 Å². The molecule has 0 saturated heterocycles. The maximum absolute atomic E-state index is 5.60. The fourth-order valence-electron chi connectivity index (χ4n) is 1.72. The first-order chi connectivity index (χ1) is 7.22. The molecule has 1 aliphatic carbocycles. The molecule has 3 nitrogen and oxygen atoms in total. The standard InChI is InChI=1S/C11H15N3S/c1-2-14(9-3-4-9)10-7-8(11(12)15)5-6-13-10/h5-7,9H,2-4H2,1H3,(H2,12,15). The smallest absolute Gasteiger partial charge is 0.129 e. The average molecular weight is 221 g/mol. The normalized spacial score (nSPS) is 15.0. The minimum absolute atomic E-state index is 0.436. The molecule has 1 aromatic rings. The van der Waals surface area contributed by atoms with E-state index in [1.807, 2.05) is 12.1 Å². The minimum atomic E-state index is 0.436. The summed E-state index contributed by atoms with van der Waals surface area (Å²) in [6.45, 7) is 3.13. The quantitative estimate of drug-likeness (QED) is 0.786. The van der Waals surface area contributed by atoms with Gasteiger partial charge in [-0.25, -0.2) is 4.98 Å². The second kappa shape index (κ2) is 4.14. The third-order valence-electron chi connectivity index (χ3n) is 2.65. The molecule has 0 atom stereocenters. The average Bonchev–Trinajstić information content (AvgIpc) is 3.04. The fourth-order valence-corrected chi connectivity index (χ4v) is 1.85. The molecule has 80 valence electrons. The maximum Gasteiger partial charge on any atom is 0.129 e. The summed E-state index contributed by atoms with van der Waals surface area (Å²) >= 11 is 4.96. The summed E-state index contributed by atoms with van der Waals surface area (Å²) < 4.78 is 0. The molecule has 4 heteroatoms. The van der Waals surface area contributed by atoms with E-state index in [2.05, 4.69) is 16.8 Å². The largest absolute Gasteiger partial charge is 0.389 e. The van der Waals surface area contributed by atoms with Crippen LogP contribution in [0.15, 0.2) is 18.3 Å². The molecule has 1 fully saturated rings. The Labute approximate surface area is 95.3 Å². The van der Waals surface area contributed by atoms with E-state index in [1.165, 1.54) is 12.8 Å². The lowest BCUT2D eigenvalue weighted by molar-refractivity contribution is 0.808. The molecule has 0 radical (unpaired) electrons. The highest BCUT2D eigenvalue weighted by Crippen LogP contribution is 2.30. The van der Waals surface area contributed by atoms with Crippen LogP contribution in [0.3, 0.4) is 0 Å². The van der Waals surface area contributed by atoms with Crippen LogP contribution in [-0.2, 0) is 0 Å². The maximum atomic E-state index is 5.60. The number of rotatable bonds is 4. The van der Waals surface area contributed by atoms with Crippen molar-refractivity contribution in [3.05, 3.63) is 23.9 Å². The monoisotopic (exact) mass is 221 g/mol. The SMILES string of the molecule is CCN(c1cc(C(N)=S)ccn1)C1CC1. The highest BCUT2D eigenvalue weighted by Gasteiger charge is 2.28. The molecule has 0 aliphatic heterocycles. The molecule has 2 rings (SSSR count). The first-order valence-corrected chi connectivity index (χ1v) is 5.65. The van der Waals surface area contributed by atoms with Gasteiger partial charge in [0.05, 0.1) is 0 Å². The fraction of sp³-hybridized carbons (Fsp3) is 0.455. The molecular formula is C11H15N3S. The lowest BCUT2D eigenvalue weighted by atomic mass is 10.2. The van der Waals surface area contributed by atoms with Gasteiger partial charge in [0.1, 0.15) is 10.8 Å². The highest BCUT2D eigenvalue weighted by atomic mass is 32.1. The van der Waals surface area contributed by atoms with Gasteiger partial charge in [0.25, 0.3) is 0 Å². The molecule has 15 heavy (non-hydrogen) atoms. The van der Waals surface area contributed by atoms with Gasteiger partial charge in [-0.15, -0.1) is 0 Å². The van der Waals surface area contributed by atoms with E-state index in [0.717, 1.165) is 17.9 Å². The van der Waals surface area contributed by atoms with Crippen LogP contribution in [0.4, 0.5) is 5.82 Å². The Morgan fingerprint density at radius 2 is 2.40 bits per heavy atom.